The molecule has 6 atom stereocenters. The summed E-state index contributed by atoms with van der Waals surface area (Å²) in [6.45, 7) is 6.05. The van der Waals surface area contributed by atoms with E-state index in [1.54, 1.807) is 0 Å². The van der Waals surface area contributed by atoms with Gasteiger partial charge in [0.25, 0.3) is 0 Å². The zero-order valence-electron chi connectivity index (χ0n) is 11.4. The molecular weight excluding hydrogens is 228 g/mol. The first-order chi connectivity index (χ1) is 8.45. The Kier molecular flexibility index (Phi) is 3.95. The molecule has 18 heavy (non-hydrogen) atoms. The highest BCUT2D eigenvalue weighted by molar-refractivity contribution is 5.25. The quantitative estimate of drug-likeness (QED) is 0.653. The van der Waals surface area contributed by atoms with Crippen LogP contribution in [0.3, 0.4) is 0 Å². The maximum absolute atomic E-state index is 10.3. The van der Waals surface area contributed by atoms with Crippen LogP contribution in [0.2, 0.25) is 0 Å². The van der Waals surface area contributed by atoms with Gasteiger partial charge >= 0.3 is 0 Å². The summed E-state index contributed by atoms with van der Waals surface area (Å²) in [6.07, 6.45) is 3.88. The van der Waals surface area contributed by atoms with E-state index in [0.29, 0.717) is 5.92 Å². The minimum atomic E-state index is -0.493. The van der Waals surface area contributed by atoms with E-state index in [-0.39, 0.29) is 30.5 Å². The number of hydrogen-bond acceptors (Lipinski definition) is 3. The fourth-order valence-corrected chi connectivity index (χ4v) is 3.55. The molecule has 0 saturated carbocycles. The molecule has 3 nitrogen and oxygen atoms in total. The topological polar surface area (TPSA) is 60.7 Å². The maximum Gasteiger partial charge on any atom is 0.0760 e. The van der Waals surface area contributed by atoms with Crippen molar-refractivity contribution in [2.24, 2.45) is 23.7 Å². The van der Waals surface area contributed by atoms with Crippen molar-refractivity contribution in [1.29, 1.82) is 0 Å². The first-order valence-corrected chi connectivity index (χ1v) is 6.79. The summed E-state index contributed by atoms with van der Waals surface area (Å²) in [5.41, 5.74) is 2.16. The first kappa shape index (κ1) is 13.8. The SMILES string of the molecule is CC1=C[C@@H]2[C@@H]([C@H](C)CO)[C@@H](O)C=C(C)[C@@H]2C[C@H]1O. The third-order valence-corrected chi connectivity index (χ3v) is 4.73. The molecule has 3 heteroatoms. The van der Waals surface area contributed by atoms with Crippen molar-refractivity contribution < 1.29 is 15.3 Å². The van der Waals surface area contributed by atoms with Crippen molar-refractivity contribution in [3.05, 3.63) is 23.3 Å². The molecule has 0 aromatic carbocycles. The molecule has 0 saturated heterocycles. The normalized spacial score (nSPS) is 41.8. The Morgan fingerprint density at radius 1 is 1.22 bits per heavy atom. The number of aliphatic hydroxyl groups excluding tert-OH is 3. The Hall–Kier alpha value is -0.640. The van der Waals surface area contributed by atoms with Crippen molar-refractivity contribution in [3.8, 4) is 0 Å². The van der Waals surface area contributed by atoms with Gasteiger partial charge in [0.2, 0.25) is 0 Å². The molecule has 2 aliphatic carbocycles. The van der Waals surface area contributed by atoms with E-state index >= 15 is 0 Å². The summed E-state index contributed by atoms with van der Waals surface area (Å²) in [5, 5.41) is 29.6. The predicted molar refractivity (Wildman–Crippen MR) is 70.9 cm³/mol. The van der Waals surface area contributed by atoms with E-state index in [1.165, 1.54) is 0 Å². The van der Waals surface area contributed by atoms with Crippen LogP contribution in [0.4, 0.5) is 0 Å². The molecule has 0 aromatic heterocycles. The Balaban J connectivity index is 2.37. The van der Waals surface area contributed by atoms with Crippen molar-refractivity contribution in [1.82, 2.24) is 0 Å². The standard InChI is InChI=1S/C15H24O3/c1-8-5-14(18)15(10(3)7-16)12-4-9(2)13(17)6-11(8)12/h4-5,10-18H,6-7H2,1-3H3/t10-,11+,12+,13-,14+,15-/m1/s1. The van der Waals surface area contributed by atoms with E-state index in [0.717, 1.165) is 17.6 Å². The summed E-state index contributed by atoms with van der Waals surface area (Å²) in [5.74, 6) is 0.643. The minimum absolute atomic E-state index is 0.0474. The van der Waals surface area contributed by atoms with Gasteiger partial charge in [-0.3, -0.25) is 0 Å². The number of aliphatic hydroxyl groups is 3. The third-order valence-electron chi connectivity index (χ3n) is 4.73. The van der Waals surface area contributed by atoms with E-state index in [9.17, 15) is 15.3 Å². The summed E-state index contributed by atoms with van der Waals surface area (Å²) < 4.78 is 0. The van der Waals surface area contributed by atoms with Gasteiger partial charge in [-0.2, -0.15) is 0 Å². The molecule has 0 amide bonds. The molecule has 3 N–H and O–H groups in total. The second kappa shape index (κ2) is 5.16. The molecule has 0 bridgehead atoms. The summed E-state index contributed by atoms with van der Waals surface area (Å²) >= 11 is 0. The lowest BCUT2D eigenvalue weighted by molar-refractivity contribution is 0.0222. The van der Waals surface area contributed by atoms with E-state index in [2.05, 4.69) is 6.08 Å². The van der Waals surface area contributed by atoms with E-state index < -0.39 is 6.10 Å². The molecule has 0 radical (unpaired) electrons. The van der Waals surface area contributed by atoms with Crippen LogP contribution < -0.4 is 0 Å². The minimum Gasteiger partial charge on any atom is -0.396 e. The highest BCUT2D eigenvalue weighted by Crippen LogP contribution is 2.45. The highest BCUT2D eigenvalue weighted by Gasteiger charge is 2.42. The fraction of sp³-hybridized carbons (Fsp3) is 0.733. The summed E-state index contributed by atoms with van der Waals surface area (Å²) in [4.78, 5) is 0. The average molecular weight is 252 g/mol. The Bertz CT molecular complexity index is 372. The van der Waals surface area contributed by atoms with Gasteiger partial charge in [0.05, 0.1) is 12.2 Å². The average Bonchev–Trinajstić information content (AvgIpc) is 2.31. The number of fused-ring (bicyclic) bond motifs is 1. The van der Waals surface area contributed by atoms with Gasteiger partial charge < -0.3 is 15.3 Å². The van der Waals surface area contributed by atoms with Crippen LogP contribution in [-0.4, -0.2) is 34.1 Å². The second-order valence-electron chi connectivity index (χ2n) is 5.98. The van der Waals surface area contributed by atoms with Gasteiger partial charge in [-0.05, 0) is 43.6 Å². The largest absolute Gasteiger partial charge is 0.396 e. The van der Waals surface area contributed by atoms with Crippen molar-refractivity contribution in [2.75, 3.05) is 6.61 Å². The van der Waals surface area contributed by atoms with Gasteiger partial charge in [-0.15, -0.1) is 0 Å². The van der Waals surface area contributed by atoms with Crippen LogP contribution in [0.25, 0.3) is 0 Å². The summed E-state index contributed by atoms with van der Waals surface area (Å²) in [6, 6.07) is 0. The lowest BCUT2D eigenvalue weighted by Gasteiger charge is -2.44. The zero-order chi connectivity index (χ0) is 13.4. The Labute approximate surface area is 109 Å². The van der Waals surface area contributed by atoms with Gasteiger partial charge in [0.1, 0.15) is 0 Å². The molecule has 102 valence electrons. The van der Waals surface area contributed by atoms with E-state index in [1.807, 2.05) is 26.8 Å². The maximum atomic E-state index is 10.3. The number of allylic oxidation sites excluding steroid dienone is 2. The summed E-state index contributed by atoms with van der Waals surface area (Å²) in [7, 11) is 0. The first-order valence-electron chi connectivity index (χ1n) is 6.79. The van der Waals surface area contributed by atoms with Crippen LogP contribution in [0.15, 0.2) is 23.3 Å². The Morgan fingerprint density at radius 2 is 1.89 bits per heavy atom. The molecule has 2 aliphatic rings. The smallest absolute Gasteiger partial charge is 0.0760 e. The van der Waals surface area contributed by atoms with Crippen LogP contribution >= 0.6 is 0 Å². The molecule has 0 fully saturated rings. The molecular formula is C15H24O3. The van der Waals surface area contributed by atoms with Crippen LogP contribution in [0.5, 0.6) is 0 Å². The van der Waals surface area contributed by atoms with Crippen molar-refractivity contribution in [3.63, 3.8) is 0 Å². The van der Waals surface area contributed by atoms with Gasteiger partial charge in [-0.1, -0.05) is 24.6 Å². The number of hydrogen-bond donors (Lipinski definition) is 3. The van der Waals surface area contributed by atoms with Gasteiger partial charge in [0, 0.05) is 12.5 Å². The van der Waals surface area contributed by atoms with Gasteiger partial charge in [-0.25, -0.2) is 0 Å². The molecule has 0 heterocycles. The van der Waals surface area contributed by atoms with Crippen molar-refractivity contribution >= 4 is 0 Å². The molecule has 0 spiro atoms. The molecule has 0 aliphatic heterocycles. The zero-order valence-corrected chi connectivity index (χ0v) is 11.4. The fourth-order valence-electron chi connectivity index (χ4n) is 3.55. The molecule has 0 unspecified atom stereocenters. The Morgan fingerprint density at radius 3 is 2.50 bits per heavy atom. The van der Waals surface area contributed by atoms with Crippen molar-refractivity contribution in [2.45, 2.75) is 39.4 Å². The van der Waals surface area contributed by atoms with Crippen LogP contribution in [0, 0.1) is 23.7 Å². The number of rotatable bonds is 2. The van der Waals surface area contributed by atoms with E-state index in [4.69, 9.17) is 0 Å². The lowest BCUT2D eigenvalue weighted by atomic mass is 9.62. The highest BCUT2D eigenvalue weighted by atomic mass is 16.3. The third kappa shape index (κ3) is 2.27. The molecule has 2 rings (SSSR count). The second-order valence-corrected chi connectivity index (χ2v) is 5.98. The predicted octanol–water partition coefficient (Wildman–Crippen LogP) is 1.50. The monoisotopic (exact) mass is 252 g/mol. The van der Waals surface area contributed by atoms with Crippen LogP contribution in [0.1, 0.15) is 27.2 Å². The van der Waals surface area contributed by atoms with Crippen LogP contribution in [-0.2, 0) is 0 Å². The molecule has 0 aromatic rings. The lowest BCUT2D eigenvalue weighted by Crippen LogP contribution is -2.43. The van der Waals surface area contributed by atoms with Gasteiger partial charge in [0.15, 0.2) is 0 Å².